The van der Waals surface area contributed by atoms with Gasteiger partial charge in [0.15, 0.2) is 0 Å². The topological polar surface area (TPSA) is 113 Å². The van der Waals surface area contributed by atoms with Crippen molar-refractivity contribution in [3.63, 3.8) is 0 Å². The van der Waals surface area contributed by atoms with Gasteiger partial charge in [0, 0.05) is 12.0 Å². The summed E-state index contributed by atoms with van der Waals surface area (Å²) in [5.74, 6) is -0.681. The molecule has 9 nitrogen and oxygen atoms in total. The van der Waals surface area contributed by atoms with Crippen molar-refractivity contribution in [3.8, 4) is 0 Å². The third-order valence-electron chi connectivity index (χ3n) is 4.24. The van der Waals surface area contributed by atoms with Crippen LogP contribution in [0.2, 0.25) is 0 Å². The van der Waals surface area contributed by atoms with Crippen molar-refractivity contribution in [2.24, 2.45) is 0 Å². The Morgan fingerprint density at radius 3 is 2.27 bits per heavy atom. The fraction of sp³-hybridized carbons (Fsp3) is 0.478. The molecule has 0 aliphatic heterocycles. The molecular weight excluding hydrogens is 449 g/mol. The lowest BCUT2D eigenvalue weighted by molar-refractivity contribution is -0.147. The lowest BCUT2D eigenvalue weighted by atomic mass is 10.1. The molecule has 0 fully saturated rings. The third kappa shape index (κ3) is 8.35. The number of hydrogen-bond donors (Lipinski definition) is 1. The average molecular weight is 481 g/mol. The van der Waals surface area contributed by atoms with Gasteiger partial charge in [0.05, 0.1) is 19.5 Å². The summed E-state index contributed by atoms with van der Waals surface area (Å²) in [6.45, 7) is 8.86. The SMILES string of the molecule is CCOP(=O)(OCC)c1cocc1C[C@H](NC(=O)OC(C)(C)C)C(=O)OCc1ccccc1. The molecular formula is C23H32NO8P. The van der Waals surface area contributed by atoms with Crippen LogP contribution in [0.5, 0.6) is 0 Å². The molecule has 0 radical (unpaired) electrons. The largest absolute Gasteiger partial charge is 0.471 e. The van der Waals surface area contributed by atoms with E-state index in [4.69, 9.17) is 22.9 Å². The summed E-state index contributed by atoms with van der Waals surface area (Å²) >= 11 is 0. The van der Waals surface area contributed by atoms with E-state index in [2.05, 4.69) is 5.32 Å². The normalized spacial score (nSPS) is 12.8. The number of ether oxygens (including phenoxy) is 2. The second-order valence-corrected chi connectivity index (χ2v) is 10.1. The number of amides is 1. The van der Waals surface area contributed by atoms with Gasteiger partial charge in [0.1, 0.15) is 29.8 Å². The van der Waals surface area contributed by atoms with Gasteiger partial charge in [-0.2, -0.15) is 0 Å². The summed E-state index contributed by atoms with van der Waals surface area (Å²) in [6.07, 6.45) is 1.75. The molecule has 0 saturated heterocycles. The van der Waals surface area contributed by atoms with E-state index in [0.717, 1.165) is 5.56 Å². The molecule has 2 aromatic rings. The summed E-state index contributed by atoms with van der Waals surface area (Å²) in [7, 11) is -3.67. The fourth-order valence-electron chi connectivity index (χ4n) is 2.92. The molecule has 1 aromatic carbocycles. The Labute approximate surface area is 194 Å². The van der Waals surface area contributed by atoms with E-state index >= 15 is 0 Å². The average Bonchev–Trinajstić information content (AvgIpc) is 3.20. The highest BCUT2D eigenvalue weighted by Crippen LogP contribution is 2.48. The molecule has 1 aromatic heterocycles. The first kappa shape index (κ1) is 26.6. The van der Waals surface area contributed by atoms with E-state index in [1.807, 2.05) is 30.3 Å². The van der Waals surface area contributed by atoms with Crippen LogP contribution in [0.3, 0.4) is 0 Å². The van der Waals surface area contributed by atoms with Gasteiger partial charge < -0.3 is 28.3 Å². The van der Waals surface area contributed by atoms with E-state index < -0.39 is 31.3 Å². The Hall–Kier alpha value is -2.61. The first-order chi connectivity index (χ1) is 15.6. The highest BCUT2D eigenvalue weighted by Gasteiger charge is 2.34. The molecule has 1 amide bonds. The number of rotatable bonds is 11. The number of hydrogen-bond acceptors (Lipinski definition) is 8. The second kappa shape index (κ2) is 12.0. The smallest absolute Gasteiger partial charge is 0.408 e. The zero-order valence-corrected chi connectivity index (χ0v) is 20.6. The van der Waals surface area contributed by atoms with Crippen molar-refractivity contribution < 1.29 is 37.1 Å². The Morgan fingerprint density at radius 1 is 1.06 bits per heavy atom. The maximum Gasteiger partial charge on any atom is 0.408 e. The van der Waals surface area contributed by atoms with Gasteiger partial charge in [-0.1, -0.05) is 30.3 Å². The molecule has 0 unspecified atom stereocenters. The molecule has 0 aliphatic carbocycles. The number of carbonyl (C=O) groups is 2. The van der Waals surface area contributed by atoms with Crippen molar-refractivity contribution in [3.05, 3.63) is 54.0 Å². The third-order valence-corrected chi connectivity index (χ3v) is 6.41. The highest BCUT2D eigenvalue weighted by molar-refractivity contribution is 7.62. The van der Waals surface area contributed by atoms with Gasteiger partial charge in [-0.15, -0.1) is 0 Å². The number of benzene rings is 1. The van der Waals surface area contributed by atoms with Crippen LogP contribution in [0, 0.1) is 0 Å². The first-order valence-corrected chi connectivity index (χ1v) is 12.3. The van der Waals surface area contributed by atoms with Crippen LogP contribution in [0.1, 0.15) is 45.7 Å². The van der Waals surface area contributed by atoms with Crippen LogP contribution in [0.4, 0.5) is 4.79 Å². The minimum Gasteiger partial charge on any atom is -0.471 e. The molecule has 0 aliphatic rings. The number of esters is 1. The molecule has 0 saturated carbocycles. The van der Waals surface area contributed by atoms with E-state index in [1.54, 1.807) is 34.6 Å². The van der Waals surface area contributed by atoms with Crippen LogP contribution < -0.4 is 10.6 Å². The summed E-state index contributed by atoms with van der Waals surface area (Å²) in [5.41, 5.74) is 0.421. The van der Waals surface area contributed by atoms with Gasteiger partial charge in [0.2, 0.25) is 0 Å². The van der Waals surface area contributed by atoms with E-state index in [-0.39, 0.29) is 31.5 Å². The van der Waals surface area contributed by atoms with E-state index in [1.165, 1.54) is 12.5 Å². The molecule has 10 heteroatoms. The van der Waals surface area contributed by atoms with Gasteiger partial charge >= 0.3 is 19.7 Å². The Bertz CT molecular complexity index is 941. The van der Waals surface area contributed by atoms with Gasteiger partial charge in [-0.3, -0.25) is 4.57 Å². The number of nitrogens with one attached hydrogen (secondary N) is 1. The Kier molecular flexibility index (Phi) is 9.70. The zero-order valence-electron chi connectivity index (χ0n) is 19.7. The predicted molar refractivity (Wildman–Crippen MR) is 122 cm³/mol. The van der Waals surface area contributed by atoms with Crippen molar-refractivity contribution in [2.45, 2.75) is 59.3 Å². The minimum absolute atomic E-state index is 0.0286. The number of alkyl carbamates (subject to hydrolysis) is 1. The molecule has 0 bridgehead atoms. The second-order valence-electron chi connectivity index (χ2n) is 8.11. The molecule has 2 rings (SSSR count). The molecule has 1 heterocycles. The molecule has 0 spiro atoms. The summed E-state index contributed by atoms with van der Waals surface area (Å²) < 4.78 is 40.0. The number of carbonyl (C=O) groups excluding carboxylic acids is 2. The standard InChI is InChI=1S/C23H32NO8P/c1-6-30-33(27,31-7-2)20-16-28-15-18(20)13-19(24-22(26)32-23(3,4)5)21(25)29-14-17-11-9-8-10-12-17/h8-12,15-16,19H,6-7,13-14H2,1-5H3,(H,24,26)/t19-/m0/s1. The van der Waals surface area contributed by atoms with Crippen molar-refractivity contribution in [1.29, 1.82) is 0 Å². The molecule has 1 N–H and O–H groups in total. The van der Waals surface area contributed by atoms with Crippen molar-refractivity contribution >= 4 is 25.0 Å². The van der Waals surface area contributed by atoms with Crippen LogP contribution in [0.15, 0.2) is 47.3 Å². The van der Waals surface area contributed by atoms with E-state index in [9.17, 15) is 14.2 Å². The first-order valence-electron chi connectivity index (χ1n) is 10.7. The van der Waals surface area contributed by atoms with Crippen molar-refractivity contribution in [2.75, 3.05) is 13.2 Å². The lowest BCUT2D eigenvalue weighted by Crippen LogP contribution is -2.45. The quantitative estimate of drug-likeness (QED) is 0.372. The van der Waals surface area contributed by atoms with E-state index in [0.29, 0.717) is 5.56 Å². The molecule has 182 valence electrons. The van der Waals surface area contributed by atoms with Gasteiger partial charge in [0.25, 0.3) is 0 Å². The minimum atomic E-state index is -3.67. The van der Waals surface area contributed by atoms with Crippen LogP contribution >= 0.6 is 7.60 Å². The Balaban J connectivity index is 2.25. The molecule has 33 heavy (non-hydrogen) atoms. The van der Waals surface area contributed by atoms with Crippen LogP contribution in [0.25, 0.3) is 0 Å². The lowest BCUT2D eigenvalue weighted by Gasteiger charge is -2.23. The van der Waals surface area contributed by atoms with Gasteiger partial charge in [-0.25, -0.2) is 9.59 Å². The van der Waals surface area contributed by atoms with Gasteiger partial charge in [-0.05, 0) is 40.2 Å². The molecule has 1 atom stereocenters. The summed E-state index contributed by atoms with van der Waals surface area (Å²) in [5, 5.41) is 2.73. The summed E-state index contributed by atoms with van der Waals surface area (Å²) in [4.78, 5) is 25.3. The highest BCUT2D eigenvalue weighted by atomic mass is 31.2. The zero-order chi connectivity index (χ0) is 24.5. The number of furan rings is 1. The maximum atomic E-state index is 13.2. The maximum absolute atomic E-state index is 13.2. The fourth-order valence-corrected chi connectivity index (χ4v) is 4.64. The summed E-state index contributed by atoms with van der Waals surface area (Å²) in [6, 6.07) is 8.02. The monoisotopic (exact) mass is 481 g/mol. The predicted octanol–water partition coefficient (Wildman–Crippen LogP) is 4.35. The Morgan fingerprint density at radius 2 is 1.70 bits per heavy atom. The van der Waals surface area contributed by atoms with Crippen molar-refractivity contribution in [1.82, 2.24) is 5.32 Å². The van der Waals surface area contributed by atoms with Crippen LogP contribution in [-0.2, 0) is 40.9 Å². The van der Waals surface area contributed by atoms with Crippen LogP contribution in [-0.4, -0.2) is 36.9 Å².